The van der Waals surface area contributed by atoms with Crippen LogP contribution < -0.4 is 0 Å². The molecule has 0 radical (unpaired) electrons. The molecule has 3 nitrogen and oxygen atoms in total. The van der Waals surface area contributed by atoms with Gasteiger partial charge in [-0.05, 0) is 56.8 Å². The molecule has 106 valence electrons. The molecule has 1 unspecified atom stereocenters. The zero-order valence-electron chi connectivity index (χ0n) is 12.2. The second kappa shape index (κ2) is 5.15. The summed E-state index contributed by atoms with van der Waals surface area (Å²) < 4.78 is 0. The number of aromatic nitrogens is 1. The van der Waals surface area contributed by atoms with Crippen LogP contribution in [0.3, 0.4) is 0 Å². The molecule has 0 spiro atoms. The Morgan fingerprint density at radius 1 is 1.20 bits per heavy atom. The first kappa shape index (κ1) is 13.5. The molecule has 0 saturated carbocycles. The lowest BCUT2D eigenvalue weighted by Crippen LogP contribution is -2.46. The van der Waals surface area contributed by atoms with E-state index in [-0.39, 0.29) is 5.54 Å². The highest BCUT2D eigenvalue weighted by Crippen LogP contribution is 2.36. The largest absolute Gasteiger partial charge is 0.386 e. The minimum Gasteiger partial charge on any atom is -0.386 e. The van der Waals surface area contributed by atoms with E-state index in [9.17, 15) is 5.11 Å². The van der Waals surface area contributed by atoms with E-state index >= 15 is 0 Å². The number of hydrogen-bond acceptors (Lipinski definition) is 3. The standard InChI is InChI=1S/C17H22N2O/c1-17(2,19-10-3-4-11-19)16(20)14-7-5-6-13-8-9-18-12-15(13)14/h5-9,12,16,20H,3-4,10-11H2,1-2H3. The first-order valence-corrected chi connectivity index (χ1v) is 7.36. The molecule has 1 aliphatic heterocycles. The number of aliphatic hydroxyl groups excluding tert-OH is 1. The lowest BCUT2D eigenvalue weighted by Gasteiger charge is -2.40. The van der Waals surface area contributed by atoms with Crippen molar-refractivity contribution in [2.24, 2.45) is 0 Å². The van der Waals surface area contributed by atoms with Crippen LogP contribution in [0.5, 0.6) is 0 Å². The van der Waals surface area contributed by atoms with Gasteiger partial charge in [0.05, 0.1) is 6.10 Å². The first-order valence-electron chi connectivity index (χ1n) is 7.36. The summed E-state index contributed by atoms with van der Waals surface area (Å²) in [5.41, 5.74) is 0.730. The van der Waals surface area contributed by atoms with E-state index in [1.54, 1.807) is 6.20 Å². The van der Waals surface area contributed by atoms with Gasteiger partial charge in [-0.1, -0.05) is 18.2 Å². The number of aliphatic hydroxyl groups is 1. The summed E-state index contributed by atoms with van der Waals surface area (Å²) >= 11 is 0. The summed E-state index contributed by atoms with van der Waals surface area (Å²) in [7, 11) is 0. The molecule has 0 aliphatic carbocycles. The van der Waals surface area contributed by atoms with E-state index in [0.29, 0.717) is 0 Å². The van der Waals surface area contributed by atoms with Crippen LogP contribution >= 0.6 is 0 Å². The second-order valence-corrected chi connectivity index (χ2v) is 6.19. The second-order valence-electron chi connectivity index (χ2n) is 6.19. The summed E-state index contributed by atoms with van der Waals surface area (Å²) in [5.74, 6) is 0. The highest BCUT2D eigenvalue weighted by atomic mass is 16.3. The minimum absolute atomic E-state index is 0.249. The number of fused-ring (bicyclic) bond motifs is 1. The zero-order valence-corrected chi connectivity index (χ0v) is 12.2. The van der Waals surface area contributed by atoms with Gasteiger partial charge in [-0.3, -0.25) is 9.88 Å². The Balaban J connectivity index is 2.01. The fourth-order valence-corrected chi connectivity index (χ4v) is 3.22. The Labute approximate surface area is 120 Å². The fraction of sp³-hybridized carbons (Fsp3) is 0.471. The maximum absolute atomic E-state index is 10.9. The van der Waals surface area contributed by atoms with Crippen LogP contribution in [0.4, 0.5) is 0 Å². The Kier molecular flexibility index (Phi) is 3.48. The normalized spacial score (nSPS) is 18.6. The van der Waals surface area contributed by atoms with Crippen LogP contribution in [0.2, 0.25) is 0 Å². The highest BCUT2D eigenvalue weighted by Gasteiger charge is 2.37. The van der Waals surface area contributed by atoms with Gasteiger partial charge in [0.1, 0.15) is 0 Å². The minimum atomic E-state index is -0.506. The number of nitrogens with zero attached hydrogens (tertiary/aromatic N) is 2. The summed E-state index contributed by atoms with van der Waals surface area (Å²) in [6.45, 7) is 6.43. The van der Waals surface area contributed by atoms with E-state index in [1.807, 2.05) is 24.4 Å². The van der Waals surface area contributed by atoms with Crippen LogP contribution in [-0.4, -0.2) is 33.6 Å². The maximum atomic E-state index is 10.9. The van der Waals surface area contributed by atoms with Crippen LogP contribution in [0.25, 0.3) is 10.8 Å². The van der Waals surface area contributed by atoms with Crippen LogP contribution in [0.15, 0.2) is 36.7 Å². The van der Waals surface area contributed by atoms with Crippen molar-refractivity contribution in [2.75, 3.05) is 13.1 Å². The van der Waals surface area contributed by atoms with Gasteiger partial charge < -0.3 is 5.11 Å². The molecule has 1 fully saturated rings. The fourth-order valence-electron chi connectivity index (χ4n) is 3.22. The summed E-state index contributed by atoms with van der Waals surface area (Å²) in [6, 6.07) is 8.10. The average Bonchev–Trinajstić information content (AvgIpc) is 3.01. The number of pyridine rings is 1. The molecular weight excluding hydrogens is 248 g/mol. The lowest BCUT2D eigenvalue weighted by atomic mass is 9.87. The number of likely N-dealkylation sites (tertiary alicyclic amines) is 1. The smallest absolute Gasteiger partial charge is 0.0974 e. The summed E-state index contributed by atoms with van der Waals surface area (Å²) in [6.07, 6.45) is 5.60. The van der Waals surface area contributed by atoms with Gasteiger partial charge in [0, 0.05) is 23.3 Å². The van der Waals surface area contributed by atoms with E-state index < -0.39 is 6.10 Å². The maximum Gasteiger partial charge on any atom is 0.0974 e. The van der Waals surface area contributed by atoms with Crippen molar-refractivity contribution in [1.82, 2.24) is 9.88 Å². The zero-order chi connectivity index (χ0) is 14.2. The van der Waals surface area contributed by atoms with Crippen LogP contribution in [0, 0.1) is 0 Å². The van der Waals surface area contributed by atoms with Crippen molar-refractivity contribution in [3.05, 3.63) is 42.2 Å². The van der Waals surface area contributed by atoms with Crippen LogP contribution in [0.1, 0.15) is 38.4 Å². The van der Waals surface area contributed by atoms with Gasteiger partial charge in [0.25, 0.3) is 0 Å². The van der Waals surface area contributed by atoms with Crippen molar-refractivity contribution < 1.29 is 5.11 Å². The Morgan fingerprint density at radius 2 is 1.95 bits per heavy atom. The predicted octanol–water partition coefficient (Wildman–Crippen LogP) is 3.14. The average molecular weight is 270 g/mol. The monoisotopic (exact) mass is 270 g/mol. The van der Waals surface area contributed by atoms with E-state index in [1.165, 1.54) is 12.8 Å². The van der Waals surface area contributed by atoms with Crippen molar-refractivity contribution in [3.63, 3.8) is 0 Å². The van der Waals surface area contributed by atoms with Gasteiger partial charge in [-0.15, -0.1) is 0 Å². The molecule has 20 heavy (non-hydrogen) atoms. The molecule has 0 bridgehead atoms. The molecule has 1 aliphatic rings. The molecular formula is C17H22N2O. The summed E-state index contributed by atoms with van der Waals surface area (Å²) in [5, 5.41) is 13.1. The molecule has 1 aromatic heterocycles. The first-order chi connectivity index (χ1) is 9.60. The third kappa shape index (κ3) is 2.21. The molecule has 3 heteroatoms. The molecule has 1 aromatic carbocycles. The number of rotatable bonds is 3. The molecule has 0 amide bonds. The van der Waals surface area contributed by atoms with Gasteiger partial charge in [0.15, 0.2) is 0 Å². The molecule has 1 N–H and O–H groups in total. The predicted molar refractivity (Wildman–Crippen MR) is 81.6 cm³/mol. The number of benzene rings is 1. The van der Waals surface area contributed by atoms with Gasteiger partial charge >= 0.3 is 0 Å². The van der Waals surface area contributed by atoms with Crippen molar-refractivity contribution in [2.45, 2.75) is 38.3 Å². The SMILES string of the molecule is CC(C)(C(O)c1cccc2ccncc12)N1CCCC1. The Hall–Kier alpha value is -1.45. The highest BCUT2D eigenvalue weighted by molar-refractivity contribution is 5.85. The molecule has 1 saturated heterocycles. The van der Waals surface area contributed by atoms with Crippen molar-refractivity contribution >= 4 is 10.8 Å². The van der Waals surface area contributed by atoms with Gasteiger partial charge in [-0.25, -0.2) is 0 Å². The quantitative estimate of drug-likeness (QED) is 0.931. The van der Waals surface area contributed by atoms with E-state index in [0.717, 1.165) is 29.4 Å². The van der Waals surface area contributed by atoms with Crippen molar-refractivity contribution in [1.29, 1.82) is 0 Å². The third-order valence-electron chi connectivity index (χ3n) is 4.60. The summed E-state index contributed by atoms with van der Waals surface area (Å²) in [4.78, 5) is 6.61. The molecule has 2 heterocycles. The lowest BCUT2D eigenvalue weighted by molar-refractivity contribution is 0.00218. The molecule has 1 atom stereocenters. The topological polar surface area (TPSA) is 36.4 Å². The third-order valence-corrected chi connectivity index (χ3v) is 4.60. The van der Waals surface area contributed by atoms with E-state index in [4.69, 9.17) is 0 Å². The Morgan fingerprint density at radius 3 is 2.70 bits per heavy atom. The van der Waals surface area contributed by atoms with Crippen molar-refractivity contribution in [3.8, 4) is 0 Å². The van der Waals surface area contributed by atoms with Gasteiger partial charge in [0.2, 0.25) is 0 Å². The van der Waals surface area contributed by atoms with Crippen LogP contribution in [-0.2, 0) is 0 Å². The van der Waals surface area contributed by atoms with Gasteiger partial charge in [-0.2, -0.15) is 0 Å². The van der Waals surface area contributed by atoms with E-state index in [2.05, 4.69) is 29.8 Å². The molecule has 3 rings (SSSR count). The Bertz CT molecular complexity index is 597. The molecule has 2 aromatic rings. The number of hydrogen-bond donors (Lipinski definition) is 1.